The number of anilines is 1. The molecule has 11 heteroatoms. The van der Waals surface area contributed by atoms with E-state index in [9.17, 15) is 13.2 Å². The summed E-state index contributed by atoms with van der Waals surface area (Å²) in [6, 6.07) is 9.27. The Balaban J connectivity index is 1.26. The van der Waals surface area contributed by atoms with E-state index in [0.717, 1.165) is 48.8 Å². The van der Waals surface area contributed by atoms with Crippen molar-refractivity contribution in [2.45, 2.75) is 57.1 Å². The first kappa shape index (κ1) is 22.6. The molecule has 0 bridgehead atoms. The van der Waals surface area contributed by atoms with Crippen LogP contribution in [-0.4, -0.2) is 50.1 Å². The second-order valence-corrected chi connectivity index (χ2v) is 9.79. The van der Waals surface area contributed by atoms with Crippen LogP contribution in [0.1, 0.15) is 48.8 Å². The Kier molecular flexibility index (Phi) is 5.60. The largest absolute Gasteiger partial charge is 0.573 e. The standard InChI is InChI=1S/C24H24ClF3N6O/c25-17-3-6-19-16(12-17)13-33(18-4-5-18)14-21-30-31-22(34(19)21)15-7-10-32(11-8-15)23-20(2-1-9-29-23)35-24(26,27)28/h1-3,6,9,12,15,18H,4-5,7-8,10-11,13-14H2. The van der Waals surface area contributed by atoms with Crippen molar-refractivity contribution in [2.75, 3.05) is 18.0 Å². The lowest BCUT2D eigenvalue weighted by Gasteiger charge is -2.33. The van der Waals surface area contributed by atoms with E-state index in [1.165, 1.54) is 31.2 Å². The molecule has 0 unspecified atom stereocenters. The van der Waals surface area contributed by atoms with Crippen LogP contribution in [0.25, 0.3) is 5.69 Å². The van der Waals surface area contributed by atoms with Gasteiger partial charge in [0.15, 0.2) is 17.4 Å². The van der Waals surface area contributed by atoms with Crippen molar-refractivity contribution >= 4 is 17.4 Å². The van der Waals surface area contributed by atoms with E-state index < -0.39 is 6.36 Å². The predicted molar refractivity (Wildman–Crippen MR) is 124 cm³/mol. The van der Waals surface area contributed by atoms with Gasteiger partial charge < -0.3 is 9.64 Å². The summed E-state index contributed by atoms with van der Waals surface area (Å²) in [4.78, 5) is 8.47. The molecule has 2 aliphatic heterocycles. The zero-order valence-electron chi connectivity index (χ0n) is 18.9. The molecule has 0 amide bonds. The fourth-order valence-corrected chi connectivity index (χ4v) is 5.38. The fourth-order valence-electron chi connectivity index (χ4n) is 5.19. The summed E-state index contributed by atoms with van der Waals surface area (Å²) in [5.41, 5.74) is 2.21. The molecule has 1 aliphatic carbocycles. The molecule has 0 N–H and O–H groups in total. The second-order valence-electron chi connectivity index (χ2n) is 9.35. The summed E-state index contributed by atoms with van der Waals surface area (Å²) in [7, 11) is 0. The van der Waals surface area contributed by atoms with Crippen LogP contribution in [0.3, 0.4) is 0 Å². The van der Waals surface area contributed by atoms with E-state index >= 15 is 0 Å². The van der Waals surface area contributed by atoms with Crippen molar-refractivity contribution in [3.05, 3.63) is 58.8 Å². The lowest BCUT2D eigenvalue weighted by atomic mass is 9.95. The van der Waals surface area contributed by atoms with Gasteiger partial charge in [0.1, 0.15) is 5.82 Å². The Morgan fingerprint density at radius 3 is 2.54 bits per heavy atom. The van der Waals surface area contributed by atoms with Gasteiger partial charge in [-0.05, 0) is 61.6 Å². The number of fused-ring (bicyclic) bond motifs is 3. The van der Waals surface area contributed by atoms with Crippen molar-refractivity contribution in [1.82, 2.24) is 24.6 Å². The van der Waals surface area contributed by atoms with Gasteiger partial charge in [0.05, 0.1) is 12.2 Å². The molecule has 6 rings (SSSR count). The van der Waals surface area contributed by atoms with Gasteiger partial charge in [0.2, 0.25) is 0 Å². The second kappa shape index (κ2) is 8.67. The van der Waals surface area contributed by atoms with Crippen molar-refractivity contribution in [3.63, 3.8) is 0 Å². The number of benzene rings is 1. The Morgan fingerprint density at radius 2 is 1.80 bits per heavy atom. The normalized spacial score (nSPS) is 19.3. The molecule has 1 aromatic carbocycles. The minimum atomic E-state index is -4.76. The molecule has 3 aromatic rings. The minimum Gasteiger partial charge on any atom is -0.402 e. The van der Waals surface area contributed by atoms with Crippen LogP contribution < -0.4 is 9.64 Å². The SMILES string of the molecule is FC(F)(F)Oc1cccnc1N1CCC(c2nnc3n2-c2ccc(Cl)cc2CN(C2CC2)C3)CC1. The zero-order valence-corrected chi connectivity index (χ0v) is 19.6. The zero-order chi connectivity index (χ0) is 24.2. The number of aromatic nitrogens is 4. The average Bonchev–Trinajstić information content (AvgIpc) is 3.61. The quantitative estimate of drug-likeness (QED) is 0.494. The third-order valence-corrected chi connectivity index (χ3v) is 7.19. The van der Waals surface area contributed by atoms with Crippen LogP contribution >= 0.6 is 11.6 Å². The van der Waals surface area contributed by atoms with E-state index in [2.05, 4.69) is 29.4 Å². The van der Waals surface area contributed by atoms with Crippen LogP contribution in [0.4, 0.5) is 19.0 Å². The van der Waals surface area contributed by atoms with Gasteiger partial charge >= 0.3 is 6.36 Å². The number of halogens is 4. The molecule has 0 atom stereocenters. The highest BCUT2D eigenvalue weighted by Crippen LogP contribution is 2.39. The van der Waals surface area contributed by atoms with E-state index in [4.69, 9.17) is 11.6 Å². The number of alkyl halides is 3. The van der Waals surface area contributed by atoms with Gasteiger partial charge in [-0.25, -0.2) is 4.98 Å². The van der Waals surface area contributed by atoms with Crippen LogP contribution in [-0.2, 0) is 13.1 Å². The minimum absolute atomic E-state index is 0.124. The number of ether oxygens (including phenoxy) is 1. The molecule has 184 valence electrons. The van der Waals surface area contributed by atoms with E-state index in [0.29, 0.717) is 24.2 Å². The molecular weight excluding hydrogens is 481 g/mol. The Bertz CT molecular complexity index is 1240. The number of rotatable bonds is 4. The maximum Gasteiger partial charge on any atom is 0.573 e. The van der Waals surface area contributed by atoms with Crippen molar-refractivity contribution < 1.29 is 17.9 Å². The Hall–Kier alpha value is -2.85. The van der Waals surface area contributed by atoms with Crippen LogP contribution in [0.5, 0.6) is 5.75 Å². The lowest BCUT2D eigenvalue weighted by molar-refractivity contribution is -0.274. The summed E-state index contributed by atoms with van der Waals surface area (Å²) >= 11 is 6.34. The summed E-state index contributed by atoms with van der Waals surface area (Å²) in [6.07, 6.45) is 0.549. The fraction of sp³-hybridized carbons (Fsp3) is 0.458. The molecule has 0 spiro atoms. The molecule has 7 nitrogen and oxygen atoms in total. The smallest absolute Gasteiger partial charge is 0.402 e. The maximum atomic E-state index is 12.9. The molecule has 35 heavy (non-hydrogen) atoms. The highest BCUT2D eigenvalue weighted by Gasteiger charge is 2.36. The van der Waals surface area contributed by atoms with Gasteiger partial charge in [-0.3, -0.25) is 9.47 Å². The topological polar surface area (TPSA) is 59.3 Å². The van der Waals surface area contributed by atoms with Gasteiger partial charge in [0.25, 0.3) is 0 Å². The summed E-state index contributed by atoms with van der Waals surface area (Å²) in [5.74, 6) is 1.87. The molecule has 1 saturated carbocycles. The Morgan fingerprint density at radius 1 is 1.00 bits per heavy atom. The predicted octanol–water partition coefficient (Wildman–Crippen LogP) is 5.08. The summed E-state index contributed by atoms with van der Waals surface area (Å²) < 4.78 is 45.0. The number of pyridine rings is 1. The highest BCUT2D eigenvalue weighted by atomic mass is 35.5. The van der Waals surface area contributed by atoms with E-state index in [1.807, 2.05) is 23.1 Å². The third kappa shape index (κ3) is 4.56. The van der Waals surface area contributed by atoms with Crippen LogP contribution in [0, 0.1) is 0 Å². The third-order valence-electron chi connectivity index (χ3n) is 6.95. The molecular formula is C24H24ClF3N6O. The molecule has 4 heterocycles. The van der Waals surface area contributed by atoms with E-state index in [-0.39, 0.29) is 17.5 Å². The van der Waals surface area contributed by atoms with Gasteiger partial charge in [-0.1, -0.05) is 11.6 Å². The summed E-state index contributed by atoms with van der Waals surface area (Å²) in [6.45, 7) is 2.64. The number of hydrogen-bond acceptors (Lipinski definition) is 6. The first-order chi connectivity index (χ1) is 16.9. The lowest BCUT2D eigenvalue weighted by Crippen LogP contribution is -2.35. The van der Waals surface area contributed by atoms with Crippen molar-refractivity contribution in [2.24, 2.45) is 0 Å². The van der Waals surface area contributed by atoms with E-state index in [1.54, 1.807) is 0 Å². The molecule has 1 saturated heterocycles. The molecule has 2 fully saturated rings. The average molecular weight is 505 g/mol. The maximum absolute atomic E-state index is 12.9. The Labute approximate surface area is 205 Å². The van der Waals surface area contributed by atoms with Gasteiger partial charge in [-0.15, -0.1) is 23.4 Å². The number of hydrogen-bond donors (Lipinski definition) is 0. The highest BCUT2D eigenvalue weighted by molar-refractivity contribution is 6.30. The van der Waals surface area contributed by atoms with Crippen LogP contribution in [0.15, 0.2) is 36.5 Å². The first-order valence-corrected chi connectivity index (χ1v) is 12.2. The van der Waals surface area contributed by atoms with Crippen LogP contribution in [0.2, 0.25) is 5.02 Å². The molecule has 2 aromatic heterocycles. The summed E-state index contributed by atoms with van der Waals surface area (Å²) in [5, 5.41) is 9.89. The van der Waals surface area contributed by atoms with Gasteiger partial charge in [0, 0.05) is 42.8 Å². The number of piperidine rings is 1. The number of nitrogens with zero attached hydrogens (tertiary/aromatic N) is 6. The van der Waals surface area contributed by atoms with Crippen molar-refractivity contribution in [3.8, 4) is 11.4 Å². The first-order valence-electron chi connectivity index (χ1n) is 11.8. The molecule has 3 aliphatic rings. The van der Waals surface area contributed by atoms with Crippen molar-refractivity contribution in [1.29, 1.82) is 0 Å². The monoisotopic (exact) mass is 504 g/mol. The van der Waals surface area contributed by atoms with Gasteiger partial charge in [-0.2, -0.15) is 0 Å². The molecule has 0 radical (unpaired) electrons.